The maximum Gasteiger partial charge on any atom is 0.140 e. The molecule has 1 N–H and O–H groups in total. The van der Waals surface area contributed by atoms with Gasteiger partial charge in [-0.2, -0.15) is 0 Å². The summed E-state index contributed by atoms with van der Waals surface area (Å²) >= 11 is 2.98. The van der Waals surface area contributed by atoms with Gasteiger partial charge in [0, 0.05) is 18.2 Å². The molecule has 0 heterocycles. The smallest absolute Gasteiger partial charge is 0.140 e. The van der Waals surface area contributed by atoms with Crippen LogP contribution in [0, 0.1) is 11.6 Å². The SMILES string of the molecule is CNCc1cc(Br)c(F)cc1F.Cl. The van der Waals surface area contributed by atoms with E-state index in [0.29, 0.717) is 12.1 Å². The molecule has 0 amide bonds. The summed E-state index contributed by atoms with van der Waals surface area (Å²) in [6.07, 6.45) is 0. The maximum absolute atomic E-state index is 12.9. The van der Waals surface area contributed by atoms with Crippen molar-refractivity contribution in [1.82, 2.24) is 5.32 Å². The van der Waals surface area contributed by atoms with Crippen molar-refractivity contribution in [3.63, 3.8) is 0 Å². The summed E-state index contributed by atoms with van der Waals surface area (Å²) in [7, 11) is 1.71. The van der Waals surface area contributed by atoms with Crippen LogP contribution in [0.2, 0.25) is 0 Å². The topological polar surface area (TPSA) is 12.0 Å². The summed E-state index contributed by atoms with van der Waals surface area (Å²) in [4.78, 5) is 0. The fourth-order valence-electron chi connectivity index (χ4n) is 0.890. The average Bonchev–Trinajstić information content (AvgIpc) is 2.01. The predicted octanol–water partition coefficient (Wildman–Crippen LogP) is 2.87. The lowest BCUT2D eigenvalue weighted by Gasteiger charge is -2.03. The monoisotopic (exact) mass is 271 g/mol. The third-order valence-electron chi connectivity index (χ3n) is 1.46. The molecule has 0 aromatic heterocycles. The second-order valence-electron chi connectivity index (χ2n) is 2.39. The first-order valence-electron chi connectivity index (χ1n) is 3.43. The first kappa shape index (κ1) is 12.8. The fraction of sp³-hybridized carbons (Fsp3) is 0.250. The van der Waals surface area contributed by atoms with Gasteiger partial charge in [0.15, 0.2) is 0 Å². The minimum Gasteiger partial charge on any atom is -0.316 e. The van der Waals surface area contributed by atoms with Crippen LogP contribution in [0.4, 0.5) is 8.78 Å². The summed E-state index contributed by atoms with van der Waals surface area (Å²) in [6, 6.07) is 2.30. The first-order chi connectivity index (χ1) is 5.65. The fourth-order valence-corrected chi connectivity index (χ4v) is 1.28. The molecule has 0 spiro atoms. The molecule has 1 aromatic carbocycles. The number of hydrogen-bond acceptors (Lipinski definition) is 1. The lowest BCUT2D eigenvalue weighted by atomic mass is 10.2. The van der Waals surface area contributed by atoms with Crippen molar-refractivity contribution in [1.29, 1.82) is 0 Å². The molecule has 0 radical (unpaired) electrons. The van der Waals surface area contributed by atoms with Gasteiger partial charge in [-0.05, 0) is 29.0 Å². The lowest BCUT2D eigenvalue weighted by molar-refractivity contribution is 0.563. The molecule has 0 unspecified atom stereocenters. The van der Waals surface area contributed by atoms with Crippen LogP contribution in [0.15, 0.2) is 16.6 Å². The Morgan fingerprint density at radius 3 is 2.46 bits per heavy atom. The third-order valence-corrected chi connectivity index (χ3v) is 2.06. The Morgan fingerprint density at radius 1 is 1.31 bits per heavy atom. The number of halogens is 4. The number of nitrogens with one attached hydrogen (secondary N) is 1. The van der Waals surface area contributed by atoms with Crippen molar-refractivity contribution in [2.75, 3.05) is 7.05 Å². The lowest BCUT2D eigenvalue weighted by Crippen LogP contribution is -2.07. The highest BCUT2D eigenvalue weighted by molar-refractivity contribution is 9.10. The van der Waals surface area contributed by atoms with E-state index in [0.717, 1.165) is 6.07 Å². The van der Waals surface area contributed by atoms with Crippen molar-refractivity contribution in [2.45, 2.75) is 6.54 Å². The molecule has 0 bridgehead atoms. The van der Waals surface area contributed by atoms with Crippen LogP contribution in [-0.4, -0.2) is 7.05 Å². The van der Waals surface area contributed by atoms with Crippen LogP contribution in [0.1, 0.15) is 5.56 Å². The standard InChI is InChI=1S/C8H8BrF2N.ClH/c1-12-4-5-2-6(9)8(11)3-7(5)10;/h2-3,12H,4H2,1H3;1H. The number of hydrogen-bond donors (Lipinski definition) is 1. The zero-order valence-electron chi connectivity index (χ0n) is 6.90. The first-order valence-corrected chi connectivity index (χ1v) is 4.22. The van der Waals surface area contributed by atoms with Crippen molar-refractivity contribution in [2.24, 2.45) is 0 Å². The molecule has 5 heteroatoms. The van der Waals surface area contributed by atoms with Crippen molar-refractivity contribution < 1.29 is 8.78 Å². The third kappa shape index (κ3) is 3.21. The Morgan fingerprint density at radius 2 is 1.92 bits per heavy atom. The van der Waals surface area contributed by atoms with E-state index in [1.807, 2.05) is 0 Å². The van der Waals surface area contributed by atoms with E-state index in [1.54, 1.807) is 7.05 Å². The van der Waals surface area contributed by atoms with Crippen molar-refractivity contribution in [3.05, 3.63) is 33.8 Å². The Bertz CT molecular complexity index is 294. The van der Waals surface area contributed by atoms with Crippen LogP contribution >= 0.6 is 28.3 Å². The van der Waals surface area contributed by atoms with Gasteiger partial charge in [-0.25, -0.2) is 8.78 Å². The summed E-state index contributed by atoms with van der Waals surface area (Å²) in [6.45, 7) is 0.394. The van der Waals surface area contributed by atoms with E-state index in [9.17, 15) is 8.78 Å². The van der Waals surface area contributed by atoms with E-state index < -0.39 is 11.6 Å². The Kier molecular flexibility index (Phi) is 5.44. The summed E-state index contributed by atoms with van der Waals surface area (Å²) in [5, 5.41) is 2.79. The van der Waals surface area contributed by atoms with Gasteiger partial charge >= 0.3 is 0 Å². The van der Waals surface area contributed by atoms with Gasteiger partial charge < -0.3 is 5.32 Å². The quantitative estimate of drug-likeness (QED) is 0.816. The van der Waals surface area contributed by atoms with Crippen molar-refractivity contribution >= 4 is 28.3 Å². The van der Waals surface area contributed by atoms with Gasteiger partial charge in [0.1, 0.15) is 11.6 Å². The molecule has 0 aliphatic rings. The van der Waals surface area contributed by atoms with Gasteiger partial charge in [-0.1, -0.05) is 0 Å². The highest BCUT2D eigenvalue weighted by Gasteiger charge is 2.06. The zero-order valence-corrected chi connectivity index (χ0v) is 9.31. The molecule has 0 saturated carbocycles. The van der Waals surface area contributed by atoms with Gasteiger partial charge in [-0.3, -0.25) is 0 Å². The molecular weight excluding hydrogens is 263 g/mol. The molecule has 1 rings (SSSR count). The Hall–Kier alpha value is -0.190. The minimum absolute atomic E-state index is 0. The van der Waals surface area contributed by atoms with Crippen LogP contribution in [0.25, 0.3) is 0 Å². The summed E-state index contributed by atoms with van der Waals surface area (Å²) in [5.74, 6) is -1.10. The second-order valence-corrected chi connectivity index (χ2v) is 3.24. The van der Waals surface area contributed by atoms with Crippen LogP contribution in [-0.2, 0) is 6.54 Å². The van der Waals surface area contributed by atoms with Gasteiger partial charge in [0.2, 0.25) is 0 Å². The molecule has 1 nitrogen and oxygen atoms in total. The van der Waals surface area contributed by atoms with E-state index >= 15 is 0 Å². The Labute approximate surface area is 90.1 Å². The van der Waals surface area contributed by atoms with E-state index in [-0.39, 0.29) is 16.9 Å². The van der Waals surface area contributed by atoms with Gasteiger partial charge in [0.25, 0.3) is 0 Å². The number of rotatable bonds is 2. The van der Waals surface area contributed by atoms with Gasteiger partial charge in [-0.15, -0.1) is 12.4 Å². The van der Waals surface area contributed by atoms with Crippen molar-refractivity contribution in [3.8, 4) is 0 Å². The Balaban J connectivity index is 0.00000144. The largest absolute Gasteiger partial charge is 0.316 e. The molecule has 0 aliphatic heterocycles. The number of benzene rings is 1. The van der Waals surface area contributed by atoms with Gasteiger partial charge in [0.05, 0.1) is 4.47 Å². The van der Waals surface area contributed by atoms with E-state index in [4.69, 9.17) is 0 Å². The molecule has 0 fully saturated rings. The van der Waals surface area contributed by atoms with Crippen LogP contribution in [0.5, 0.6) is 0 Å². The molecule has 74 valence electrons. The normalized spacial score (nSPS) is 9.54. The highest BCUT2D eigenvalue weighted by Crippen LogP contribution is 2.19. The average molecular weight is 273 g/mol. The molecule has 0 saturated heterocycles. The molecule has 0 atom stereocenters. The predicted molar refractivity (Wildman–Crippen MR) is 54.1 cm³/mol. The molecular formula is C8H9BrClF2N. The van der Waals surface area contributed by atoms with Crippen LogP contribution in [0.3, 0.4) is 0 Å². The molecule has 1 aromatic rings. The zero-order chi connectivity index (χ0) is 9.14. The van der Waals surface area contributed by atoms with E-state index in [2.05, 4.69) is 21.2 Å². The summed E-state index contributed by atoms with van der Waals surface area (Å²) < 4.78 is 25.9. The maximum atomic E-state index is 12.9. The second kappa shape index (κ2) is 5.52. The molecule has 0 aliphatic carbocycles. The summed E-state index contributed by atoms with van der Waals surface area (Å²) in [5.41, 5.74) is 0.450. The van der Waals surface area contributed by atoms with E-state index in [1.165, 1.54) is 6.07 Å². The minimum atomic E-state index is -0.577. The highest BCUT2D eigenvalue weighted by atomic mass is 79.9. The molecule has 13 heavy (non-hydrogen) atoms. The van der Waals surface area contributed by atoms with Crippen LogP contribution < -0.4 is 5.32 Å².